The number of likely N-dealkylation sites (N-methyl/N-ethyl adjacent to an activating group) is 1. The molecule has 0 spiro atoms. The van der Waals surface area contributed by atoms with Crippen molar-refractivity contribution in [2.45, 2.75) is 45.2 Å². The van der Waals surface area contributed by atoms with Gasteiger partial charge in [0.1, 0.15) is 5.39 Å². The monoisotopic (exact) mass is 560 g/mol. The van der Waals surface area contributed by atoms with E-state index in [1.807, 2.05) is 0 Å². The number of pyridine rings is 1. The molecule has 1 aromatic carbocycles. The van der Waals surface area contributed by atoms with E-state index in [2.05, 4.69) is 71.2 Å². The predicted molar refractivity (Wildman–Crippen MR) is 162 cm³/mol. The topological polar surface area (TPSA) is 110 Å². The third-order valence-electron chi connectivity index (χ3n) is 7.11. The highest BCUT2D eigenvalue weighted by Crippen LogP contribution is 2.35. The van der Waals surface area contributed by atoms with Crippen LogP contribution in [0.4, 0.5) is 17.5 Å². The lowest BCUT2D eigenvalue weighted by Gasteiger charge is -2.18. The number of hydrogen-bond donors (Lipinski definition) is 1. The summed E-state index contributed by atoms with van der Waals surface area (Å²) in [5.41, 5.74) is 5.17. The Morgan fingerprint density at radius 2 is 2.00 bits per heavy atom. The van der Waals surface area contributed by atoms with Crippen LogP contribution in [0.3, 0.4) is 0 Å². The Kier molecular flexibility index (Phi) is 7.36. The zero-order valence-electron chi connectivity index (χ0n) is 23.9. The smallest absolute Gasteiger partial charge is 0.278 e. The fourth-order valence-corrected chi connectivity index (χ4v) is 5.80. The molecule has 1 N–H and O–H groups in total. The van der Waals surface area contributed by atoms with Crippen LogP contribution in [0.1, 0.15) is 36.5 Å². The minimum absolute atomic E-state index is 0.245. The summed E-state index contributed by atoms with van der Waals surface area (Å²) in [6.07, 6.45) is 8.33. The Bertz CT molecular complexity index is 1790. The van der Waals surface area contributed by atoms with Crippen molar-refractivity contribution >= 4 is 38.2 Å². The number of rotatable bonds is 8. The van der Waals surface area contributed by atoms with E-state index in [1.54, 1.807) is 47.7 Å². The molecular formula is C29H36N8O2S. The fraction of sp³-hybridized carbons (Fsp3) is 0.379. The molecule has 0 saturated heterocycles. The Morgan fingerprint density at radius 1 is 1.23 bits per heavy atom. The van der Waals surface area contributed by atoms with Gasteiger partial charge in [-0.3, -0.25) is 4.79 Å². The van der Waals surface area contributed by atoms with Gasteiger partial charge in [-0.25, -0.2) is 23.5 Å². The first-order valence-corrected chi connectivity index (χ1v) is 15.6. The summed E-state index contributed by atoms with van der Waals surface area (Å²) in [5.74, 6) is 1.50. The van der Waals surface area contributed by atoms with E-state index in [9.17, 15) is 9.00 Å². The maximum atomic E-state index is 13.3. The van der Waals surface area contributed by atoms with Crippen molar-refractivity contribution in [2.24, 2.45) is 4.36 Å². The van der Waals surface area contributed by atoms with E-state index >= 15 is 0 Å². The molecule has 0 bridgehead atoms. The quantitative estimate of drug-likeness (QED) is 0.318. The number of fused-ring (bicyclic) bond motifs is 2. The number of nitrogens with zero attached hydrogens (tertiary/aromatic N) is 7. The van der Waals surface area contributed by atoms with Gasteiger partial charge >= 0.3 is 0 Å². The van der Waals surface area contributed by atoms with E-state index in [1.165, 1.54) is 21.4 Å². The van der Waals surface area contributed by atoms with Gasteiger partial charge in [0, 0.05) is 40.2 Å². The lowest BCUT2D eigenvalue weighted by Crippen LogP contribution is -2.28. The van der Waals surface area contributed by atoms with E-state index in [-0.39, 0.29) is 12.1 Å². The van der Waals surface area contributed by atoms with Gasteiger partial charge in [0.05, 0.1) is 6.54 Å². The van der Waals surface area contributed by atoms with Crippen molar-refractivity contribution in [3.63, 3.8) is 0 Å². The summed E-state index contributed by atoms with van der Waals surface area (Å²) in [7, 11) is 1.85. The van der Waals surface area contributed by atoms with E-state index in [0.29, 0.717) is 40.6 Å². The molecule has 1 aliphatic rings. The van der Waals surface area contributed by atoms with Crippen LogP contribution in [0.15, 0.2) is 58.3 Å². The van der Waals surface area contributed by atoms with Crippen molar-refractivity contribution in [1.29, 1.82) is 0 Å². The van der Waals surface area contributed by atoms with Crippen LogP contribution in [-0.4, -0.2) is 66.1 Å². The van der Waals surface area contributed by atoms with Crippen LogP contribution in [0.2, 0.25) is 0 Å². The standard InChI is InChI=1S/C29H36N8O2S/c1-8-12-36-28(38)24-17-30-29(33-27(24)37(36)26-11-9-10-25(32-26)34-40(6,7)39)31-20-13-19-14-21(35(4)5)16-23(19)22(15-20)18(2)3/h8-11,13,15,17-18,21H,1,12,14,16H2,2-7H3,(H,30,31,33). The Hall–Kier alpha value is -3.83. The Labute approximate surface area is 235 Å². The number of benzene rings is 1. The molecule has 10 nitrogen and oxygen atoms in total. The fourth-order valence-electron chi connectivity index (χ4n) is 5.25. The second kappa shape index (κ2) is 10.6. The minimum atomic E-state index is -2.42. The van der Waals surface area contributed by atoms with Gasteiger partial charge < -0.3 is 10.2 Å². The van der Waals surface area contributed by atoms with Crippen molar-refractivity contribution in [2.75, 3.05) is 31.9 Å². The molecule has 3 heterocycles. The maximum absolute atomic E-state index is 13.3. The van der Waals surface area contributed by atoms with Crippen molar-refractivity contribution < 1.29 is 4.21 Å². The normalized spacial score (nSPS) is 15.2. The van der Waals surface area contributed by atoms with Crippen LogP contribution >= 0.6 is 0 Å². The average molecular weight is 561 g/mol. The molecule has 1 unspecified atom stereocenters. The van der Waals surface area contributed by atoms with Gasteiger partial charge in [0.2, 0.25) is 5.95 Å². The maximum Gasteiger partial charge on any atom is 0.278 e. The molecule has 4 aromatic rings. The third kappa shape index (κ3) is 5.44. The molecule has 0 aliphatic heterocycles. The number of anilines is 2. The molecule has 3 aromatic heterocycles. The Balaban J connectivity index is 1.61. The molecule has 1 aliphatic carbocycles. The lowest BCUT2D eigenvalue weighted by molar-refractivity contribution is 0.303. The van der Waals surface area contributed by atoms with Crippen molar-refractivity contribution in [3.8, 4) is 5.82 Å². The zero-order valence-corrected chi connectivity index (χ0v) is 24.7. The van der Waals surface area contributed by atoms with Crippen molar-refractivity contribution in [1.82, 2.24) is 29.2 Å². The average Bonchev–Trinajstić information content (AvgIpc) is 3.42. The number of allylic oxidation sites excluding steroid dienone is 1. The molecule has 40 heavy (non-hydrogen) atoms. The highest BCUT2D eigenvalue weighted by molar-refractivity contribution is 7.92. The molecule has 11 heteroatoms. The van der Waals surface area contributed by atoms with Crippen LogP contribution < -0.4 is 10.9 Å². The molecule has 1 atom stereocenters. The summed E-state index contributed by atoms with van der Waals surface area (Å²) < 4.78 is 19.7. The summed E-state index contributed by atoms with van der Waals surface area (Å²) in [6, 6.07) is 10.1. The van der Waals surface area contributed by atoms with Gasteiger partial charge in [-0.2, -0.15) is 9.35 Å². The summed E-state index contributed by atoms with van der Waals surface area (Å²) in [4.78, 5) is 29.5. The van der Waals surface area contributed by atoms with E-state index < -0.39 is 9.73 Å². The number of nitrogens with one attached hydrogen (secondary N) is 1. The van der Waals surface area contributed by atoms with Crippen LogP contribution in [0, 0.1) is 0 Å². The summed E-state index contributed by atoms with van der Waals surface area (Å²) >= 11 is 0. The Morgan fingerprint density at radius 3 is 2.67 bits per heavy atom. The predicted octanol–water partition coefficient (Wildman–Crippen LogP) is 4.42. The largest absolute Gasteiger partial charge is 0.324 e. The van der Waals surface area contributed by atoms with Gasteiger partial charge in [-0.15, -0.1) is 6.58 Å². The van der Waals surface area contributed by atoms with Crippen LogP contribution in [0.5, 0.6) is 0 Å². The molecule has 0 saturated carbocycles. The first-order valence-electron chi connectivity index (χ1n) is 13.3. The number of hydrogen-bond acceptors (Lipinski definition) is 8. The molecular weight excluding hydrogens is 524 g/mol. The van der Waals surface area contributed by atoms with Gasteiger partial charge in [-0.05, 0) is 73.8 Å². The minimum Gasteiger partial charge on any atom is -0.324 e. The zero-order chi connectivity index (χ0) is 28.8. The molecule has 210 valence electrons. The summed E-state index contributed by atoms with van der Waals surface area (Å²) in [6.45, 7) is 8.49. The van der Waals surface area contributed by atoms with Gasteiger partial charge in [0.15, 0.2) is 17.3 Å². The van der Waals surface area contributed by atoms with Gasteiger partial charge in [-0.1, -0.05) is 26.0 Å². The molecule has 0 amide bonds. The van der Waals surface area contributed by atoms with Gasteiger partial charge in [0.25, 0.3) is 5.56 Å². The second-order valence-corrected chi connectivity index (χ2v) is 13.6. The SMILES string of the molecule is C=CCn1c(=O)c2cnc(Nc3cc4c(c(C(C)C)c3)CC(N(C)C)C4)nc2n1-c1cccc(N=S(C)(C)=O)n1. The first kappa shape index (κ1) is 27.7. The molecule has 0 radical (unpaired) electrons. The van der Waals surface area contributed by atoms with E-state index in [0.717, 1.165) is 18.5 Å². The summed E-state index contributed by atoms with van der Waals surface area (Å²) in [5, 5.41) is 3.75. The molecule has 5 rings (SSSR count). The van der Waals surface area contributed by atoms with Crippen LogP contribution in [-0.2, 0) is 29.1 Å². The third-order valence-corrected chi connectivity index (χ3v) is 7.73. The first-order chi connectivity index (χ1) is 18.9. The van der Waals surface area contributed by atoms with Crippen LogP contribution in [0.25, 0.3) is 16.9 Å². The lowest BCUT2D eigenvalue weighted by atomic mass is 9.94. The highest BCUT2D eigenvalue weighted by Gasteiger charge is 2.27. The molecule has 0 fully saturated rings. The second-order valence-electron chi connectivity index (χ2n) is 11.1. The number of aromatic nitrogens is 5. The van der Waals surface area contributed by atoms with Crippen molar-refractivity contribution in [3.05, 3.63) is 76.2 Å². The highest BCUT2D eigenvalue weighted by atomic mass is 32.2. The van der Waals surface area contributed by atoms with E-state index in [4.69, 9.17) is 4.98 Å².